The molecule has 2 atom stereocenters. The molecule has 0 spiro atoms. The van der Waals surface area contributed by atoms with Crippen molar-refractivity contribution in [1.82, 2.24) is 10.6 Å². The van der Waals surface area contributed by atoms with Crippen molar-refractivity contribution in [3.05, 3.63) is 0 Å². The maximum Gasteiger partial charge on any atom is 0.321 e. The zero-order valence-electron chi connectivity index (χ0n) is 12.9. The van der Waals surface area contributed by atoms with Gasteiger partial charge in [-0.2, -0.15) is 0 Å². The van der Waals surface area contributed by atoms with E-state index in [1.165, 1.54) is 0 Å². The SMILES string of the molecule is CC(C)(CN[C@@H](CC(=O)O)C(=O)O)CN[C@@H](CC(=O)O)C(=O)O. The highest BCUT2D eigenvalue weighted by molar-refractivity contribution is 5.81. The predicted molar refractivity (Wildman–Crippen MR) is 77.1 cm³/mol. The Hall–Kier alpha value is -2.20. The van der Waals surface area contributed by atoms with E-state index in [9.17, 15) is 19.2 Å². The summed E-state index contributed by atoms with van der Waals surface area (Å²) in [6.45, 7) is 3.60. The molecule has 0 radical (unpaired) electrons. The lowest BCUT2D eigenvalue weighted by Crippen LogP contribution is -2.49. The second kappa shape index (κ2) is 9.06. The van der Waals surface area contributed by atoms with Crippen LogP contribution < -0.4 is 10.6 Å². The van der Waals surface area contributed by atoms with Gasteiger partial charge < -0.3 is 31.1 Å². The van der Waals surface area contributed by atoms with E-state index in [0.717, 1.165) is 0 Å². The summed E-state index contributed by atoms with van der Waals surface area (Å²) in [5, 5.41) is 40.3. The normalized spacial score (nSPS) is 14.0. The first-order chi connectivity index (χ1) is 10.4. The number of carboxylic acids is 4. The van der Waals surface area contributed by atoms with Crippen LogP contribution in [-0.2, 0) is 19.2 Å². The van der Waals surface area contributed by atoms with Crippen LogP contribution in [0.15, 0.2) is 0 Å². The summed E-state index contributed by atoms with van der Waals surface area (Å²) in [5.74, 6) is -5.11. The Morgan fingerprint density at radius 2 is 1.09 bits per heavy atom. The molecule has 0 aliphatic carbocycles. The van der Waals surface area contributed by atoms with Crippen LogP contribution in [0.2, 0.25) is 0 Å². The maximum atomic E-state index is 10.9. The molecule has 0 bridgehead atoms. The molecule has 0 rings (SSSR count). The number of rotatable bonds is 12. The molecule has 10 heteroatoms. The van der Waals surface area contributed by atoms with Gasteiger partial charge in [0.15, 0.2) is 0 Å². The highest BCUT2D eigenvalue weighted by Crippen LogP contribution is 2.13. The number of aliphatic carboxylic acids is 4. The van der Waals surface area contributed by atoms with Gasteiger partial charge in [-0.1, -0.05) is 13.8 Å². The van der Waals surface area contributed by atoms with Crippen LogP contribution in [-0.4, -0.2) is 69.5 Å². The Morgan fingerprint density at radius 1 is 0.783 bits per heavy atom. The molecule has 0 saturated carbocycles. The van der Waals surface area contributed by atoms with E-state index < -0.39 is 54.2 Å². The fraction of sp³-hybridized carbons (Fsp3) is 0.692. The van der Waals surface area contributed by atoms with Crippen LogP contribution in [0.1, 0.15) is 26.7 Å². The lowest BCUT2D eigenvalue weighted by atomic mass is 9.92. The first-order valence-corrected chi connectivity index (χ1v) is 6.80. The molecule has 0 aromatic rings. The first-order valence-electron chi connectivity index (χ1n) is 6.80. The van der Waals surface area contributed by atoms with Crippen molar-refractivity contribution >= 4 is 23.9 Å². The average molecular weight is 334 g/mol. The van der Waals surface area contributed by atoms with Crippen molar-refractivity contribution in [2.45, 2.75) is 38.8 Å². The Kier molecular flexibility index (Phi) is 8.19. The van der Waals surface area contributed by atoms with Gasteiger partial charge in [-0.15, -0.1) is 0 Å². The number of carboxylic acid groups (broad SMARTS) is 4. The van der Waals surface area contributed by atoms with E-state index in [0.29, 0.717) is 0 Å². The molecule has 23 heavy (non-hydrogen) atoms. The van der Waals surface area contributed by atoms with Gasteiger partial charge in [-0.25, -0.2) is 0 Å². The molecule has 0 aromatic heterocycles. The molecule has 0 amide bonds. The van der Waals surface area contributed by atoms with Crippen LogP contribution >= 0.6 is 0 Å². The maximum absolute atomic E-state index is 10.9. The molecular formula is C13H22N2O8. The van der Waals surface area contributed by atoms with Crippen molar-refractivity contribution < 1.29 is 39.6 Å². The van der Waals surface area contributed by atoms with Gasteiger partial charge in [0.25, 0.3) is 0 Å². The van der Waals surface area contributed by atoms with Gasteiger partial charge in [0, 0.05) is 13.1 Å². The van der Waals surface area contributed by atoms with E-state index in [-0.39, 0.29) is 13.1 Å². The van der Waals surface area contributed by atoms with Gasteiger partial charge in [0.2, 0.25) is 0 Å². The molecule has 6 N–H and O–H groups in total. The van der Waals surface area contributed by atoms with Crippen LogP contribution in [0.25, 0.3) is 0 Å². The standard InChI is InChI=1S/C13H22N2O8/c1-13(2,5-14-7(11(20)21)3-9(16)17)6-15-8(12(22)23)4-10(18)19/h7-8,14-15H,3-6H2,1-2H3,(H,16,17)(H,18,19)(H,20,21)(H,22,23)/t7-,8-/m0/s1. The molecule has 0 saturated heterocycles. The highest BCUT2D eigenvalue weighted by atomic mass is 16.4. The van der Waals surface area contributed by atoms with E-state index in [1.807, 2.05) is 0 Å². The van der Waals surface area contributed by atoms with Gasteiger partial charge in [0.05, 0.1) is 12.8 Å². The molecule has 0 fully saturated rings. The van der Waals surface area contributed by atoms with Crippen molar-refractivity contribution in [2.75, 3.05) is 13.1 Å². The third-order valence-corrected chi connectivity index (χ3v) is 3.01. The minimum Gasteiger partial charge on any atom is -0.481 e. The smallest absolute Gasteiger partial charge is 0.321 e. The fourth-order valence-corrected chi connectivity index (χ4v) is 1.70. The quantitative estimate of drug-likeness (QED) is 0.261. The van der Waals surface area contributed by atoms with Gasteiger partial charge in [0.1, 0.15) is 12.1 Å². The molecule has 10 nitrogen and oxygen atoms in total. The Labute approximate surface area is 132 Å². The molecule has 0 aliphatic heterocycles. The third kappa shape index (κ3) is 9.42. The Morgan fingerprint density at radius 3 is 1.30 bits per heavy atom. The summed E-state index contributed by atoms with van der Waals surface area (Å²) in [6, 6.07) is -2.53. The lowest BCUT2D eigenvalue weighted by molar-refractivity contribution is -0.146. The summed E-state index contributed by atoms with van der Waals surface area (Å²) in [5.41, 5.74) is -0.627. The second-order valence-corrected chi connectivity index (χ2v) is 5.90. The van der Waals surface area contributed by atoms with Crippen molar-refractivity contribution in [3.8, 4) is 0 Å². The summed E-state index contributed by atoms with van der Waals surface area (Å²) < 4.78 is 0. The summed E-state index contributed by atoms with van der Waals surface area (Å²) in [4.78, 5) is 43.1. The third-order valence-electron chi connectivity index (χ3n) is 3.01. The van der Waals surface area contributed by atoms with E-state index in [2.05, 4.69) is 10.6 Å². The van der Waals surface area contributed by atoms with Crippen molar-refractivity contribution in [1.29, 1.82) is 0 Å². The number of hydrogen-bond acceptors (Lipinski definition) is 6. The summed E-state index contributed by atoms with van der Waals surface area (Å²) in [6.07, 6.45) is -1.18. The Bertz CT molecular complexity index is 423. The first kappa shape index (κ1) is 20.8. The molecule has 0 heterocycles. The van der Waals surface area contributed by atoms with Crippen LogP contribution in [0, 0.1) is 5.41 Å². The lowest BCUT2D eigenvalue weighted by Gasteiger charge is -2.28. The molecular weight excluding hydrogens is 312 g/mol. The second-order valence-electron chi connectivity index (χ2n) is 5.90. The van der Waals surface area contributed by atoms with Crippen LogP contribution in [0.4, 0.5) is 0 Å². The zero-order valence-corrected chi connectivity index (χ0v) is 12.9. The van der Waals surface area contributed by atoms with E-state index in [4.69, 9.17) is 20.4 Å². The average Bonchev–Trinajstić information content (AvgIpc) is 2.38. The van der Waals surface area contributed by atoms with Gasteiger partial charge in [-0.05, 0) is 5.41 Å². The van der Waals surface area contributed by atoms with Crippen LogP contribution in [0.3, 0.4) is 0 Å². The predicted octanol–water partition coefficient (Wildman–Crippen LogP) is -0.952. The summed E-state index contributed by atoms with van der Waals surface area (Å²) in [7, 11) is 0. The Balaban J connectivity index is 4.55. The monoisotopic (exact) mass is 334 g/mol. The number of carbonyl (C=O) groups is 4. The molecule has 132 valence electrons. The molecule has 0 unspecified atom stereocenters. The van der Waals surface area contributed by atoms with Gasteiger partial charge in [-0.3, -0.25) is 19.2 Å². The topological polar surface area (TPSA) is 173 Å². The van der Waals surface area contributed by atoms with E-state index >= 15 is 0 Å². The van der Waals surface area contributed by atoms with Crippen molar-refractivity contribution in [2.24, 2.45) is 5.41 Å². The van der Waals surface area contributed by atoms with Gasteiger partial charge >= 0.3 is 23.9 Å². The molecule has 0 aliphatic rings. The summed E-state index contributed by atoms with van der Waals surface area (Å²) >= 11 is 0. The minimum atomic E-state index is -1.30. The van der Waals surface area contributed by atoms with E-state index in [1.54, 1.807) is 13.8 Å². The van der Waals surface area contributed by atoms with Crippen LogP contribution in [0.5, 0.6) is 0 Å². The number of hydrogen-bond donors (Lipinski definition) is 6. The zero-order chi connectivity index (χ0) is 18.2. The largest absolute Gasteiger partial charge is 0.481 e. The minimum absolute atomic E-state index is 0.101. The highest BCUT2D eigenvalue weighted by Gasteiger charge is 2.27. The fourth-order valence-electron chi connectivity index (χ4n) is 1.70. The van der Waals surface area contributed by atoms with Crippen molar-refractivity contribution in [3.63, 3.8) is 0 Å². The molecule has 0 aromatic carbocycles. The number of nitrogens with one attached hydrogen (secondary N) is 2.